The summed E-state index contributed by atoms with van der Waals surface area (Å²) in [6.07, 6.45) is -5.10. The molecular weight excluding hydrogens is 279 g/mol. The van der Waals surface area contributed by atoms with Gasteiger partial charge in [-0.05, 0) is 12.1 Å². The van der Waals surface area contributed by atoms with Gasteiger partial charge in [-0.1, -0.05) is 6.07 Å². The molecule has 0 aromatic heterocycles. The fourth-order valence-corrected chi connectivity index (χ4v) is 1.89. The third-order valence-electron chi connectivity index (χ3n) is 2.76. The number of amides is 1. The zero-order chi connectivity index (χ0) is 14.8. The van der Waals surface area contributed by atoms with Crippen molar-refractivity contribution in [3.8, 4) is 11.5 Å². The molecule has 8 heteroatoms. The number of benzene rings is 1. The van der Waals surface area contributed by atoms with Crippen LogP contribution in [0.3, 0.4) is 0 Å². The first-order chi connectivity index (χ1) is 9.32. The second kappa shape index (κ2) is 5.48. The average molecular weight is 291 g/mol. The van der Waals surface area contributed by atoms with Crippen LogP contribution in [0.25, 0.3) is 0 Å². The third-order valence-corrected chi connectivity index (χ3v) is 2.76. The monoisotopic (exact) mass is 291 g/mol. The topological polar surface area (TPSA) is 67.8 Å². The molecule has 0 atom stereocenters. The van der Waals surface area contributed by atoms with Gasteiger partial charge in [-0.15, -0.1) is 13.2 Å². The van der Waals surface area contributed by atoms with E-state index in [2.05, 4.69) is 10.1 Å². The minimum absolute atomic E-state index is 0.174. The molecule has 0 saturated heterocycles. The molecule has 1 saturated carbocycles. The summed E-state index contributed by atoms with van der Waals surface area (Å²) in [7, 11) is 0. The highest BCUT2D eigenvalue weighted by atomic mass is 19.4. The zero-order valence-electron chi connectivity index (χ0n) is 10.2. The Morgan fingerprint density at radius 1 is 1.30 bits per heavy atom. The Labute approximate surface area is 112 Å². The molecule has 0 spiro atoms. The van der Waals surface area contributed by atoms with E-state index < -0.39 is 12.5 Å². The van der Waals surface area contributed by atoms with Crippen molar-refractivity contribution in [1.29, 1.82) is 0 Å². The van der Waals surface area contributed by atoms with E-state index in [1.807, 2.05) is 0 Å². The standard InChI is InChI=1S/C12H12F3NO4/c13-12(14,15)20-9-3-1-2-8(6-9)19-10-4-7(5-10)16-11(17)18/h1-3,6-7,10,16H,4-5H2,(H,17,18)/t7-,10-. The molecule has 1 aliphatic carbocycles. The van der Waals surface area contributed by atoms with E-state index >= 15 is 0 Å². The summed E-state index contributed by atoms with van der Waals surface area (Å²) in [5.41, 5.74) is 0. The lowest BCUT2D eigenvalue weighted by atomic mass is 9.89. The number of hydrogen-bond donors (Lipinski definition) is 2. The van der Waals surface area contributed by atoms with E-state index in [1.165, 1.54) is 18.2 Å². The van der Waals surface area contributed by atoms with Crippen molar-refractivity contribution in [3.05, 3.63) is 24.3 Å². The minimum Gasteiger partial charge on any atom is -0.490 e. The number of nitrogens with one attached hydrogen (secondary N) is 1. The first kappa shape index (κ1) is 14.3. The number of alkyl halides is 3. The second-order valence-electron chi connectivity index (χ2n) is 4.38. The summed E-state index contributed by atoms with van der Waals surface area (Å²) < 4.78 is 45.4. The van der Waals surface area contributed by atoms with Crippen LogP contribution in [0.15, 0.2) is 24.3 Å². The molecule has 2 N–H and O–H groups in total. The summed E-state index contributed by atoms with van der Waals surface area (Å²) >= 11 is 0. The molecule has 5 nitrogen and oxygen atoms in total. The van der Waals surface area contributed by atoms with E-state index in [9.17, 15) is 18.0 Å². The average Bonchev–Trinajstić information content (AvgIpc) is 2.23. The molecule has 20 heavy (non-hydrogen) atoms. The van der Waals surface area contributed by atoms with Crippen molar-refractivity contribution in [1.82, 2.24) is 5.32 Å². The summed E-state index contributed by atoms with van der Waals surface area (Å²) in [5, 5.41) is 10.8. The first-order valence-electron chi connectivity index (χ1n) is 5.84. The van der Waals surface area contributed by atoms with Gasteiger partial charge in [0.2, 0.25) is 0 Å². The first-order valence-corrected chi connectivity index (χ1v) is 5.84. The number of ether oxygens (including phenoxy) is 2. The largest absolute Gasteiger partial charge is 0.573 e. The van der Waals surface area contributed by atoms with Gasteiger partial charge in [0.15, 0.2) is 0 Å². The van der Waals surface area contributed by atoms with Crippen molar-refractivity contribution < 1.29 is 32.5 Å². The van der Waals surface area contributed by atoms with Crippen molar-refractivity contribution in [2.24, 2.45) is 0 Å². The Hall–Kier alpha value is -2.12. The highest BCUT2D eigenvalue weighted by Crippen LogP contribution is 2.30. The third kappa shape index (κ3) is 4.22. The number of rotatable bonds is 4. The maximum absolute atomic E-state index is 12.1. The van der Waals surface area contributed by atoms with Crippen LogP contribution in [-0.2, 0) is 0 Å². The van der Waals surface area contributed by atoms with E-state index in [1.54, 1.807) is 0 Å². The lowest BCUT2D eigenvalue weighted by molar-refractivity contribution is -0.274. The van der Waals surface area contributed by atoms with Crippen LogP contribution >= 0.6 is 0 Å². The molecule has 1 aromatic rings. The quantitative estimate of drug-likeness (QED) is 0.895. The predicted molar refractivity (Wildman–Crippen MR) is 61.7 cm³/mol. The lowest BCUT2D eigenvalue weighted by Crippen LogP contribution is -2.48. The summed E-state index contributed by atoms with van der Waals surface area (Å²) in [5.74, 6) is -0.0972. The molecule has 0 heterocycles. The van der Waals surface area contributed by atoms with Crippen LogP contribution in [-0.4, -0.2) is 29.7 Å². The molecule has 0 aliphatic heterocycles. The molecule has 1 amide bonds. The van der Waals surface area contributed by atoms with E-state index in [0.717, 1.165) is 6.07 Å². The molecule has 110 valence electrons. The van der Waals surface area contributed by atoms with Gasteiger partial charge >= 0.3 is 12.5 Å². The molecule has 0 bridgehead atoms. The van der Waals surface area contributed by atoms with Gasteiger partial charge in [0, 0.05) is 24.9 Å². The molecule has 0 radical (unpaired) electrons. The zero-order valence-corrected chi connectivity index (χ0v) is 10.2. The fraction of sp³-hybridized carbons (Fsp3) is 0.417. The highest BCUT2D eigenvalue weighted by Gasteiger charge is 2.33. The van der Waals surface area contributed by atoms with E-state index in [4.69, 9.17) is 9.84 Å². The van der Waals surface area contributed by atoms with Crippen LogP contribution in [0.5, 0.6) is 11.5 Å². The van der Waals surface area contributed by atoms with Crippen LogP contribution in [0.2, 0.25) is 0 Å². The maximum Gasteiger partial charge on any atom is 0.573 e. The van der Waals surface area contributed by atoms with Gasteiger partial charge in [-0.3, -0.25) is 0 Å². The van der Waals surface area contributed by atoms with Gasteiger partial charge in [-0.2, -0.15) is 0 Å². The Morgan fingerprint density at radius 2 is 1.95 bits per heavy atom. The molecule has 1 aliphatic rings. The van der Waals surface area contributed by atoms with Crippen molar-refractivity contribution in [3.63, 3.8) is 0 Å². The second-order valence-corrected chi connectivity index (χ2v) is 4.38. The van der Waals surface area contributed by atoms with Crippen LogP contribution < -0.4 is 14.8 Å². The van der Waals surface area contributed by atoms with E-state index in [0.29, 0.717) is 12.8 Å². The van der Waals surface area contributed by atoms with Gasteiger partial charge in [0.25, 0.3) is 0 Å². The normalized spacial score (nSPS) is 21.8. The van der Waals surface area contributed by atoms with Gasteiger partial charge in [-0.25, -0.2) is 4.79 Å². The molecule has 1 fully saturated rings. The Kier molecular flexibility index (Phi) is 3.91. The van der Waals surface area contributed by atoms with Crippen LogP contribution in [0, 0.1) is 0 Å². The SMILES string of the molecule is O=C(O)N[C@H]1C[C@H](Oc2cccc(OC(F)(F)F)c2)C1. The maximum atomic E-state index is 12.1. The lowest BCUT2D eigenvalue weighted by Gasteiger charge is -2.35. The molecule has 1 aromatic carbocycles. The smallest absolute Gasteiger partial charge is 0.490 e. The van der Waals surface area contributed by atoms with E-state index in [-0.39, 0.29) is 23.6 Å². The Bertz CT molecular complexity index is 486. The van der Waals surface area contributed by atoms with Crippen LogP contribution in [0.4, 0.5) is 18.0 Å². The highest BCUT2D eigenvalue weighted by molar-refractivity contribution is 5.65. The van der Waals surface area contributed by atoms with Crippen molar-refractivity contribution in [2.45, 2.75) is 31.3 Å². The fourth-order valence-electron chi connectivity index (χ4n) is 1.89. The van der Waals surface area contributed by atoms with Gasteiger partial charge in [0.1, 0.15) is 17.6 Å². The van der Waals surface area contributed by atoms with Crippen LogP contribution in [0.1, 0.15) is 12.8 Å². The molecular formula is C12H12F3NO4. The predicted octanol–water partition coefficient (Wildman–Crippen LogP) is 2.76. The summed E-state index contributed by atoms with van der Waals surface area (Å²) in [4.78, 5) is 10.4. The number of hydrogen-bond acceptors (Lipinski definition) is 3. The van der Waals surface area contributed by atoms with Crippen molar-refractivity contribution >= 4 is 6.09 Å². The Morgan fingerprint density at radius 3 is 2.55 bits per heavy atom. The molecule has 0 unspecified atom stereocenters. The number of halogens is 3. The minimum atomic E-state index is -4.74. The molecule has 2 rings (SSSR count). The Balaban J connectivity index is 1.85. The summed E-state index contributed by atoms with van der Waals surface area (Å²) in [6.45, 7) is 0. The van der Waals surface area contributed by atoms with Crippen molar-refractivity contribution in [2.75, 3.05) is 0 Å². The number of carbonyl (C=O) groups is 1. The number of carboxylic acid groups (broad SMARTS) is 1. The van der Waals surface area contributed by atoms with Gasteiger partial charge < -0.3 is 19.9 Å². The van der Waals surface area contributed by atoms with Gasteiger partial charge in [0.05, 0.1) is 0 Å². The summed E-state index contributed by atoms with van der Waals surface area (Å²) in [6, 6.07) is 5.05.